The van der Waals surface area contributed by atoms with Crippen LogP contribution in [0.1, 0.15) is 91.1 Å². The number of anilines is 1. The van der Waals surface area contributed by atoms with Crippen LogP contribution in [0.3, 0.4) is 0 Å². The van der Waals surface area contributed by atoms with Crippen LogP contribution in [0.5, 0.6) is 0 Å². The van der Waals surface area contributed by atoms with Crippen molar-refractivity contribution in [3.8, 4) is 11.3 Å². The third kappa shape index (κ3) is 6.28. The molecule has 0 amide bonds. The average molecular weight is 591 g/mol. The van der Waals surface area contributed by atoms with Crippen molar-refractivity contribution in [2.24, 2.45) is 0 Å². The molecule has 0 spiro atoms. The smallest absolute Gasteiger partial charge is 0.225 e. The van der Waals surface area contributed by atoms with Gasteiger partial charge in [0.15, 0.2) is 0 Å². The van der Waals surface area contributed by atoms with Gasteiger partial charge in [0.2, 0.25) is 5.95 Å². The van der Waals surface area contributed by atoms with Gasteiger partial charge in [-0.3, -0.25) is 0 Å². The van der Waals surface area contributed by atoms with Gasteiger partial charge in [0.25, 0.3) is 0 Å². The summed E-state index contributed by atoms with van der Waals surface area (Å²) < 4.78 is 17.4. The van der Waals surface area contributed by atoms with Crippen molar-refractivity contribution in [2.45, 2.75) is 93.9 Å². The first-order valence-corrected chi connectivity index (χ1v) is 14.8. The van der Waals surface area contributed by atoms with E-state index in [4.69, 9.17) is 5.10 Å². The summed E-state index contributed by atoms with van der Waals surface area (Å²) in [6, 6.07) is 3.42. The minimum atomic E-state index is -1.03. The van der Waals surface area contributed by atoms with Crippen LogP contribution >= 0.6 is 0 Å². The first-order valence-electron chi connectivity index (χ1n) is 14.8. The summed E-state index contributed by atoms with van der Waals surface area (Å²) in [4.78, 5) is 14.3. The largest absolute Gasteiger partial charge is 0.391 e. The number of fused-ring (bicyclic) bond motifs is 2. The highest BCUT2D eigenvalue weighted by atomic mass is 19.1. The Kier molecular flexibility index (Phi) is 10.7. The number of aliphatic hydroxyl groups excluding tert-OH is 1. The van der Waals surface area contributed by atoms with Gasteiger partial charge in [-0.25, -0.2) is 19.0 Å². The number of aliphatic hydroxyl groups is 2. The molecule has 1 aliphatic rings. The van der Waals surface area contributed by atoms with Gasteiger partial charge in [-0.1, -0.05) is 41.7 Å². The predicted molar refractivity (Wildman–Crippen MR) is 174 cm³/mol. The Bertz CT molecular complexity index is 1610. The maximum atomic E-state index is 15.4. The lowest BCUT2D eigenvalue weighted by atomic mass is 9.96. The number of H-pyrrole nitrogens is 1. The molecule has 0 aliphatic carbocycles. The van der Waals surface area contributed by atoms with Crippen LogP contribution in [0, 0.1) is 5.82 Å². The number of nitrogens with zero attached hydrogens (tertiary/aromatic N) is 5. The summed E-state index contributed by atoms with van der Waals surface area (Å²) >= 11 is 0. The number of rotatable bonds is 8. The fourth-order valence-electron chi connectivity index (χ4n) is 5.36. The minimum Gasteiger partial charge on any atom is -0.391 e. The first kappa shape index (κ1) is 33.7. The summed E-state index contributed by atoms with van der Waals surface area (Å²) in [5.74, 6) is 0.0867. The second-order valence-corrected chi connectivity index (χ2v) is 10.9. The van der Waals surface area contributed by atoms with Gasteiger partial charge in [-0.05, 0) is 56.9 Å². The Labute approximate surface area is 255 Å². The van der Waals surface area contributed by atoms with E-state index in [9.17, 15) is 10.2 Å². The minimum absolute atomic E-state index is 0. The van der Waals surface area contributed by atoms with E-state index in [2.05, 4.69) is 47.2 Å². The molecule has 0 unspecified atom stereocenters. The van der Waals surface area contributed by atoms with Crippen molar-refractivity contribution in [1.29, 1.82) is 0 Å². The number of hydrogen-bond acceptors (Lipinski definition) is 6. The Morgan fingerprint density at radius 3 is 2.42 bits per heavy atom. The quantitative estimate of drug-likeness (QED) is 0.184. The third-order valence-corrected chi connectivity index (χ3v) is 7.88. The molecule has 0 saturated heterocycles. The number of benzene rings is 1. The molecule has 1 aliphatic heterocycles. The van der Waals surface area contributed by atoms with Gasteiger partial charge in [0, 0.05) is 65.7 Å². The van der Waals surface area contributed by atoms with Crippen molar-refractivity contribution in [3.05, 3.63) is 76.6 Å². The second kappa shape index (κ2) is 13.7. The van der Waals surface area contributed by atoms with Crippen LogP contribution in [-0.2, 0) is 25.2 Å². The van der Waals surface area contributed by atoms with Crippen LogP contribution in [0.4, 0.5) is 10.3 Å². The fourth-order valence-corrected chi connectivity index (χ4v) is 5.36. The molecule has 232 valence electrons. The number of aromatic nitrogens is 5. The predicted octanol–water partition coefficient (Wildman–Crippen LogP) is 7.51. The first-order chi connectivity index (χ1) is 20.1. The van der Waals surface area contributed by atoms with E-state index < -0.39 is 18.0 Å². The molecule has 4 aromatic rings. The van der Waals surface area contributed by atoms with E-state index in [-0.39, 0.29) is 13.0 Å². The molecule has 4 heterocycles. The van der Waals surface area contributed by atoms with Crippen molar-refractivity contribution >= 4 is 22.5 Å². The zero-order valence-electron chi connectivity index (χ0n) is 25.8. The lowest BCUT2D eigenvalue weighted by Gasteiger charge is -2.27. The van der Waals surface area contributed by atoms with E-state index in [0.29, 0.717) is 42.1 Å². The van der Waals surface area contributed by atoms with Crippen LogP contribution in [0.25, 0.3) is 27.9 Å². The molecule has 9 heteroatoms. The van der Waals surface area contributed by atoms with Gasteiger partial charge in [-0.15, -0.1) is 0 Å². The van der Waals surface area contributed by atoms with Crippen molar-refractivity contribution in [2.75, 3.05) is 11.4 Å². The van der Waals surface area contributed by atoms with Crippen LogP contribution in [-0.4, -0.2) is 41.5 Å². The molecule has 0 radical (unpaired) electrons. The number of allylic oxidation sites excluding steroid dienone is 3. The molecule has 3 N–H and O–H groups in total. The van der Waals surface area contributed by atoms with Crippen LogP contribution in [0.2, 0.25) is 0 Å². The Balaban J connectivity index is 0.00000165. The monoisotopic (exact) mass is 590 g/mol. The third-order valence-electron chi connectivity index (χ3n) is 7.88. The van der Waals surface area contributed by atoms with Crippen molar-refractivity contribution < 1.29 is 14.6 Å². The maximum Gasteiger partial charge on any atom is 0.225 e. The molecule has 5 rings (SSSR count). The maximum absolute atomic E-state index is 15.4. The fraction of sp³-hybridized carbons (Fsp3) is 0.441. The summed E-state index contributed by atoms with van der Waals surface area (Å²) in [5.41, 5.74) is 6.90. The van der Waals surface area contributed by atoms with Gasteiger partial charge < -0.3 is 20.1 Å². The van der Waals surface area contributed by atoms with Crippen molar-refractivity contribution in [1.82, 2.24) is 24.7 Å². The highest BCUT2D eigenvalue weighted by molar-refractivity contribution is 5.98. The molecule has 0 fully saturated rings. The summed E-state index contributed by atoms with van der Waals surface area (Å²) in [6.07, 6.45) is 7.32. The molecule has 0 bridgehead atoms. The van der Waals surface area contributed by atoms with E-state index >= 15 is 4.39 Å². The molecule has 1 aromatic carbocycles. The number of nitrogens with one attached hydrogen (secondary N) is 1. The molecular formula is C34H47FN6O2. The standard InChI is InChI=1S/C31H37FN6O2.C2H6.CH4/c1-7-18(3)28(19(4)8-2)38-29(22-13-25(32)24(17-39)27-21(22)9-11-33-27)23-16-37(12-10-26(23)36-38)30-34-14-20(15-35-30)31(5,6)40;1-2;/h9,11,13-15,33,39-40H,3,7-8,10,12,16-17H2,1-2,4-6H3;1-2H3;1H4/b28-19-;;. The highest BCUT2D eigenvalue weighted by Crippen LogP contribution is 2.40. The average Bonchev–Trinajstić information content (AvgIpc) is 3.62. The number of aromatic amines is 1. The Morgan fingerprint density at radius 1 is 1.16 bits per heavy atom. The molecule has 0 saturated carbocycles. The zero-order valence-corrected chi connectivity index (χ0v) is 25.8. The topological polar surface area (TPSA) is 103 Å². The Morgan fingerprint density at radius 2 is 1.84 bits per heavy atom. The van der Waals surface area contributed by atoms with E-state index in [1.54, 1.807) is 32.4 Å². The highest BCUT2D eigenvalue weighted by Gasteiger charge is 2.31. The Hall–Kier alpha value is -3.82. The lowest BCUT2D eigenvalue weighted by Crippen LogP contribution is -2.32. The van der Waals surface area contributed by atoms with E-state index in [1.807, 2.05) is 24.6 Å². The zero-order chi connectivity index (χ0) is 30.8. The van der Waals surface area contributed by atoms with E-state index in [1.165, 1.54) is 6.07 Å². The van der Waals surface area contributed by atoms with Gasteiger partial charge in [0.1, 0.15) is 5.82 Å². The summed E-state index contributed by atoms with van der Waals surface area (Å²) in [7, 11) is 0. The van der Waals surface area contributed by atoms with E-state index in [0.717, 1.165) is 52.0 Å². The van der Waals surface area contributed by atoms with Crippen LogP contribution in [0.15, 0.2) is 48.4 Å². The van der Waals surface area contributed by atoms with Gasteiger partial charge in [0.05, 0.1) is 34.8 Å². The molecule has 43 heavy (non-hydrogen) atoms. The normalized spacial score (nSPS) is 13.6. The SMILES string of the molecule is C.C=C(CC)/C(=C(\C)CC)n1nc2c(c1-c1cc(F)c(CO)c3[nH]ccc13)CN(c1ncc(C(C)(C)O)cn1)CC2.CC. The number of hydrogen-bond donors (Lipinski definition) is 3. The number of halogens is 1. The molecule has 0 atom stereocenters. The second-order valence-electron chi connectivity index (χ2n) is 10.9. The van der Waals surface area contributed by atoms with Gasteiger partial charge in [-0.2, -0.15) is 5.10 Å². The van der Waals surface area contributed by atoms with Gasteiger partial charge >= 0.3 is 0 Å². The van der Waals surface area contributed by atoms with Crippen molar-refractivity contribution in [3.63, 3.8) is 0 Å². The molecular weight excluding hydrogens is 543 g/mol. The summed E-state index contributed by atoms with van der Waals surface area (Å²) in [5, 5.41) is 26.2. The van der Waals surface area contributed by atoms with Crippen LogP contribution < -0.4 is 4.90 Å². The molecule has 8 nitrogen and oxygen atoms in total. The summed E-state index contributed by atoms with van der Waals surface area (Å²) in [6.45, 7) is 18.8. The lowest BCUT2D eigenvalue weighted by molar-refractivity contribution is 0.0778. The molecule has 3 aromatic heterocycles.